The predicted molar refractivity (Wildman–Crippen MR) is 81.1 cm³/mol. The van der Waals surface area contributed by atoms with Gasteiger partial charge in [0.15, 0.2) is 5.78 Å². The average Bonchev–Trinajstić information content (AvgIpc) is 2.27. The normalized spacial score (nSPS) is 15.2. The third kappa shape index (κ3) is 16.0. The minimum atomic E-state index is -0.932. The molecule has 1 aliphatic rings. The van der Waals surface area contributed by atoms with Crippen LogP contribution in [0.3, 0.4) is 0 Å². The van der Waals surface area contributed by atoms with Gasteiger partial charge >= 0.3 is 6.09 Å². The number of ketones is 1. The van der Waals surface area contributed by atoms with E-state index in [1.807, 2.05) is 13.8 Å². The summed E-state index contributed by atoms with van der Waals surface area (Å²) in [6.07, 6.45) is 5.32. The van der Waals surface area contributed by atoms with E-state index in [9.17, 15) is 9.59 Å². The SMILES string of the molecule is CC1=CC(=O)CC(C)(C)C1.CCCCNC(=O)O.N=C=O. The summed E-state index contributed by atoms with van der Waals surface area (Å²) in [5.74, 6) is 0.286. The Balaban J connectivity index is 0. The van der Waals surface area contributed by atoms with E-state index in [-0.39, 0.29) is 11.2 Å². The molecule has 1 aliphatic carbocycles. The lowest BCUT2D eigenvalue weighted by Gasteiger charge is -2.27. The second kappa shape index (κ2) is 11.9. The van der Waals surface area contributed by atoms with E-state index in [1.165, 1.54) is 5.57 Å². The van der Waals surface area contributed by atoms with Gasteiger partial charge in [-0.1, -0.05) is 32.8 Å². The van der Waals surface area contributed by atoms with Crippen LogP contribution in [-0.4, -0.2) is 29.6 Å². The highest BCUT2D eigenvalue weighted by atomic mass is 16.4. The molecule has 0 heterocycles. The number of isocyanates is 1. The summed E-state index contributed by atoms with van der Waals surface area (Å²) in [5, 5.41) is 15.7. The van der Waals surface area contributed by atoms with E-state index in [0.29, 0.717) is 13.0 Å². The van der Waals surface area contributed by atoms with Crippen molar-refractivity contribution in [2.24, 2.45) is 5.41 Å². The van der Waals surface area contributed by atoms with Crippen molar-refractivity contribution >= 4 is 18.0 Å². The molecule has 0 saturated carbocycles. The largest absolute Gasteiger partial charge is 0.465 e. The Labute approximate surface area is 126 Å². The Hall–Kier alpha value is -1.94. The fourth-order valence-corrected chi connectivity index (χ4v) is 2.04. The van der Waals surface area contributed by atoms with Gasteiger partial charge in [0.2, 0.25) is 6.08 Å². The highest BCUT2D eigenvalue weighted by molar-refractivity contribution is 5.91. The Bertz CT molecular complexity index is 394. The van der Waals surface area contributed by atoms with Gasteiger partial charge in [0.1, 0.15) is 0 Å². The second-order valence-corrected chi connectivity index (χ2v) is 5.66. The van der Waals surface area contributed by atoms with Crippen molar-refractivity contribution in [3.63, 3.8) is 0 Å². The number of carboxylic acid groups (broad SMARTS) is 1. The van der Waals surface area contributed by atoms with E-state index in [0.717, 1.165) is 25.3 Å². The van der Waals surface area contributed by atoms with Crippen molar-refractivity contribution in [1.82, 2.24) is 5.32 Å². The topological polar surface area (TPSA) is 107 Å². The van der Waals surface area contributed by atoms with Gasteiger partial charge in [0, 0.05) is 13.0 Å². The average molecular weight is 298 g/mol. The molecule has 0 aromatic carbocycles. The Morgan fingerprint density at radius 2 is 2.00 bits per heavy atom. The first-order valence-corrected chi connectivity index (χ1v) is 6.89. The first kappa shape index (κ1) is 21.4. The van der Waals surface area contributed by atoms with E-state index in [4.69, 9.17) is 15.3 Å². The number of allylic oxidation sites excluding steroid dienone is 2. The molecule has 1 amide bonds. The molecule has 0 spiro atoms. The van der Waals surface area contributed by atoms with E-state index < -0.39 is 6.09 Å². The van der Waals surface area contributed by atoms with Gasteiger partial charge in [-0.3, -0.25) is 4.79 Å². The number of hydrogen-bond donors (Lipinski definition) is 3. The lowest BCUT2D eigenvalue weighted by molar-refractivity contribution is -0.117. The summed E-state index contributed by atoms with van der Waals surface area (Å²) in [7, 11) is 0. The lowest BCUT2D eigenvalue weighted by atomic mass is 9.77. The molecule has 0 fully saturated rings. The Kier molecular flexibility index (Phi) is 12.1. The minimum absolute atomic E-state index is 0.204. The summed E-state index contributed by atoms with van der Waals surface area (Å²) >= 11 is 0. The van der Waals surface area contributed by atoms with Crippen LogP contribution in [-0.2, 0) is 9.59 Å². The highest BCUT2D eigenvalue weighted by Crippen LogP contribution is 2.32. The molecular weight excluding hydrogens is 272 g/mol. The van der Waals surface area contributed by atoms with Crippen LogP contribution in [0.4, 0.5) is 4.79 Å². The fourth-order valence-electron chi connectivity index (χ4n) is 2.04. The van der Waals surface area contributed by atoms with Gasteiger partial charge in [-0.2, -0.15) is 0 Å². The molecule has 1 rings (SSSR count). The van der Waals surface area contributed by atoms with E-state index in [1.54, 1.807) is 6.08 Å². The molecule has 6 heteroatoms. The van der Waals surface area contributed by atoms with Crippen LogP contribution in [0.5, 0.6) is 0 Å². The van der Waals surface area contributed by atoms with Crippen molar-refractivity contribution in [3.8, 4) is 0 Å². The van der Waals surface area contributed by atoms with Crippen LogP contribution in [0.25, 0.3) is 0 Å². The zero-order valence-electron chi connectivity index (χ0n) is 13.3. The molecule has 6 nitrogen and oxygen atoms in total. The molecule has 120 valence electrons. The Morgan fingerprint density at radius 1 is 1.48 bits per heavy atom. The molecule has 0 unspecified atom stereocenters. The monoisotopic (exact) mass is 298 g/mol. The summed E-state index contributed by atoms with van der Waals surface area (Å²) in [6, 6.07) is 0. The van der Waals surface area contributed by atoms with Gasteiger partial charge in [-0.05, 0) is 31.3 Å². The van der Waals surface area contributed by atoms with Crippen molar-refractivity contribution in [2.45, 2.75) is 53.4 Å². The van der Waals surface area contributed by atoms with Gasteiger partial charge in [0.25, 0.3) is 0 Å². The molecule has 21 heavy (non-hydrogen) atoms. The molecule has 0 radical (unpaired) electrons. The molecule has 0 aromatic rings. The minimum Gasteiger partial charge on any atom is -0.465 e. The fraction of sp³-hybridized carbons (Fsp3) is 0.667. The number of amides is 1. The van der Waals surface area contributed by atoms with Crippen molar-refractivity contribution < 1.29 is 19.5 Å². The second-order valence-electron chi connectivity index (χ2n) is 5.66. The summed E-state index contributed by atoms with van der Waals surface area (Å²) in [6.45, 7) is 8.90. The van der Waals surface area contributed by atoms with Crippen LogP contribution >= 0.6 is 0 Å². The molecule has 0 atom stereocenters. The number of unbranched alkanes of at least 4 members (excludes halogenated alkanes) is 1. The van der Waals surface area contributed by atoms with Crippen LogP contribution in [0, 0.1) is 10.8 Å². The first-order valence-electron chi connectivity index (χ1n) is 6.89. The number of hydrogen-bond acceptors (Lipinski definition) is 4. The molecule has 0 aliphatic heterocycles. The summed E-state index contributed by atoms with van der Waals surface area (Å²) in [4.78, 5) is 29.1. The molecule has 3 N–H and O–H groups in total. The van der Waals surface area contributed by atoms with Crippen molar-refractivity contribution in [3.05, 3.63) is 11.6 Å². The molecular formula is C15H26N2O4. The Morgan fingerprint density at radius 3 is 2.33 bits per heavy atom. The van der Waals surface area contributed by atoms with Gasteiger partial charge < -0.3 is 10.4 Å². The molecule has 0 saturated heterocycles. The van der Waals surface area contributed by atoms with Gasteiger partial charge in [0.05, 0.1) is 0 Å². The van der Waals surface area contributed by atoms with Crippen LogP contribution in [0.1, 0.15) is 53.4 Å². The summed E-state index contributed by atoms with van der Waals surface area (Å²) < 4.78 is 0. The van der Waals surface area contributed by atoms with Crippen molar-refractivity contribution in [1.29, 1.82) is 5.41 Å². The quantitative estimate of drug-likeness (QED) is 0.422. The standard InChI is InChI=1S/C9H14O.C5H11NO2.CHNO/c1-7-4-8(10)6-9(2,3)5-7;1-2-3-4-6-5(7)8;2-1-3/h4H,5-6H2,1-3H3;6H,2-4H2,1H3,(H,7,8);2H. The molecule has 0 aromatic heterocycles. The lowest BCUT2D eigenvalue weighted by Crippen LogP contribution is -2.21. The van der Waals surface area contributed by atoms with Crippen LogP contribution in [0.15, 0.2) is 11.6 Å². The maximum Gasteiger partial charge on any atom is 0.404 e. The smallest absolute Gasteiger partial charge is 0.404 e. The van der Waals surface area contributed by atoms with Gasteiger partial charge in [-0.15, -0.1) is 0 Å². The number of nitrogens with one attached hydrogen (secondary N) is 2. The maximum absolute atomic E-state index is 11.0. The molecule has 0 bridgehead atoms. The zero-order chi connectivity index (χ0) is 16.9. The van der Waals surface area contributed by atoms with Crippen molar-refractivity contribution in [2.75, 3.05) is 6.54 Å². The highest BCUT2D eigenvalue weighted by Gasteiger charge is 2.25. The van der Waals surface area contributed by atoms with Crippen LogP contribution in [0.2, 0.25) is 0 Å². The van der Waals surface area contributed by atoms with E-state index >= 15 is 0 Å². The van der Waals surface area contributed by atoms with Crippen LogP contribution < -0.4 is 5.32 Å². The predicted octanol–water partition coefficient (Wildman–Crippen LogP) is 3.28. The van der Waals surface area contributed by atoms with Gasteiger partial charge in [-0.25, -0.2) is 15.0 Å². The first-order chi connectivity index (χ1) is 9.68. The third-order valence-electron chi connectivity index (χ3n) is 2.62. The number of carbonyl (C=O) groups is 2. The van der Waals surface area contributed by atoms with E-state index in [2.05, 4.69) is 19.2 Å². The number of carbonyl (C=O) groups excluding carboxylic acids is 2. The number of rotatable bonds is 3. The third-order valence-corrected chi connectivity index (χ3v) is 2.62. The zero-order valence-corrected chi connectivity index (χ0v) is 13.3. The maximum atomic E-state index is 11.0. The summed E-state index contributed by atoms with van der Waals surface area (Å²) in [5.41, 5.74) is 1.43.